The van der Waals surface area contributed by atoms with Gasteiger partial charge in [-0.15, -0.1) is 0 Å². The molecule has 4 aromatic carbocycles. The molecule has 6 N–H and O–H groups in total. The average molecular weight is 595 g/mol. The summed E-state index contributed by atoms with van der Waals surface area (Å²) < 4.78 is 72.4. The zero-order valence-corrected chi connectivity index (χ0v) is 24.5. The Bertz CT molecular complexity index is 1740. The molecule has 8 nitrogen and oxygen atoms in total. The molecule has 0 aliphatic rings. The number of nitrogen functional groups attached to an aromatic ring is 2. The third-order valence-corrected chi connectivity index (χ3v) is 11.1. The minimum absolute atomic E-state index is 0.00331. The maximum atomic E-state index is 13.5. The van der Waals surface area contributed by atoms with Gasteiger partial charge >= 0.3 is 0 Å². The second kappa shape index (κ2) is 11.7. The van der Waals surface area contributed by atoms with E-state index in [1.807, 2.05) is 67.6 Å². The van der Waals surface area contributed by atoms with Crippen molar-refractivity contribution in [1.82, 2.24) is 0 Å². The number of anilines is 2. The number of rotatable bonds is 10. The Kier molecular flexibility index (Phi) is 8.60. The molecule has 216 valence electrons. The Hall–Kier alpha value is -3.70. The van der Waals surface area contributed by atoms with Crippen LogP contribution in [0.5, 0.6) is 0 Å². The summed E-state index contributed by atoms with van der Waals surface area (Å²) in [4.78, 5) is 0. The van der Waals surface area contributed by atoms with Gasteiger partial charge in [-0.05, 0) is 59.1 Å². The molecule has 0 saturated carbocycles. The summed E-state index contributed by atoms with van der Waals surface area (Å²) in [6, 6.07) is 24.4. The van der Waals surface area contributed by atoms with Crippen LogP contribution in [0.1, 0.15) is 58.4 Å². The van der Waals surface area contributed by atoms with E-state index in [9.17, 15) is 25.9 Å². The summed E-state index contributed by atoms with van der Waals surface area (Å²) >= 11 is 0. The lowest BCUT2D eigenvalue weighted by atomic mass is 9.86. The Morgan fingerprint density at radius 1 is 0.610 bits per heavy atom. The molecule has 0 saturated heterocycles. The molecule has 0 amide bonds. The van der Waals surface area contributed by atoms with Crippen LogP contribution in [-0.4, -0.2) is 25.9 Å². The van der Waals surface area contributed by atoms with Gasteiger partial charge in [0, 0.05) is 11.1 Å². The van der Waals surface area contributed by atoms with Gasteiger partial charge in [0.15, 0.2) is 0 Å². The maximum Gasteiger partial charge on any atom is 0.296 e. The second-order valence-electron chi connectivity index (χ2n) is 9.93. The minimum Gasteiger partial charge on any atom is -0.397 e. The number of hydrogen-bond donors (Lipinski definition) is 4. The van der Waals surface area contributed by atoms with Crippen LogP contribution in [-0.2, 0) is 50.0 Å². The fourth-order valence-electron chi connectivity index (χ4n) is 5.59. The van der Waals surface area contributed by atoms with E-state index >= 15 is 0 Å². The van der Waals surface area contributed by atoms with Crippen LogP contribution < -0.4 is 11.5 Å². The van der Waals surface area contributed by atoms with Gasteiger partial charge in [0.25, 0.3) is 24.3 Å². The maximum absolute atomic E-state index is 13.5. The van der Waals surface area contributed by atoms with Gasteiger partial charge in [0.2, 0.25) is 0 Å². The molecule has 0 radical (unpaired) electrons. The van der Waals surface area contributed by atoms with Crippen molar-refractivity contribution < 1.29 is 25.9 Å². The molecule has 10 heteroatoms. The molecule has 0 heterocycles. The van der Waals surface area contributed by atoms with E-state index in [1.54, 1.807) is 13.0 Å². The topological polar surface area (TPSA) is 161 Å². The van der Waals surface area contributed by atoms with Crippen molar-refractivity contribution in [3.63, 3.8) is 0 Å². The van der Waals surface area contributed by atoms with Crippen LogP contribution in [0.3, 0.4) is 0 Å². The summed E-state index contributed by atoms with van der Waals surface area (Å²) in [5.74, 6) is 0. The normalized spacial score (nSPS) is 12.4. The highest BCUT2D eigenvalue weighted by molar-refractivity contribution is 8.04. The van der Waals surface area contributed by atoms with Crippen LogP contribution in [0.25, 0.3) is 0 Å². The monoisotopic (exact) mass is 594 g/mol. The van der Waals surface area contributed by atoms with E-state index in [-0.39, 0.29) is 23.4 Å². The first-order valence-electron chi connectivity index (χ1n) is 13.2. The van der Waals surface area contributed by atoms with Crippen LogP contribution in [0.4, 0.5) is 11.4 Å². The predicted molar refractivity (Wildman–Crippen MR) is 163 cm³/mol. The van der Waals surface area contributed by atoms with Crippen molar-refractivity contribution in [1.29, 1.82) is 0 Å². The Morgan fingerprint density at radius 3 is 1.63 bits per heavy atom. The predicted octanol–water partition coefficient (Wildman–Crippen LogP) is 5.13. The van der Waals surface area contributed by atoms with Crippen molar-refractivity contribution in [2.24, 2.45) is 0 Å². The van der Waals surface area contributed by atoms with E-state index in [4.69, 9.17) is 11.5 Å². The minimum atomic E-state index is -5.65. The molecule has 4 rings (SSSR count). The number of nitrogens with two attached hydrogens (primary N) is 2. The summed E-state index contributed by atoms with van der Waals surface area (Å²) in [5.41, 5.74) is 15.3. The molecular weight excluding hydrogens is 560 g/mol. The van der Waals surface area contributed by atoms with Crippen molar-refractivity contribution in [3.05, 3.63) is 129 Å². The average Bonchev–Trinajstić information content (AvgIpc) is 2.92. The molecule has 0 fully saturated rings. The van der Waals surface area contributed by atoms with Crippen molar-refractivity contribution >= 4 is 31.6 Å². The van der Waals surface area contributed by atoms with E-state index in [0.29, 0.717) is 41.5 Å². The molecule has 0 aliphatic carbocycles. The SMILES string of the molecule is CCc1cc(C(c2cccc(Cc3ccccc3)c2Cc2ccccc2)(S(=O)(=O)O)S(=O)(=O)O)c(N)c(N)c1CC. The molecule has 41 heavy (non-hydrogen) atoms. The number of hydrogen-bond acceptors (Lipinski definition) is 6. The molecule has 0 spiro atoms. The van der Waals surface area contributed by atoms with Gasteiger partial charge in [-0.25, -0.2) is 0 Å². The molecule has 0 aliphatic heterocycles. The van der Waals surface area contributed by atoms with Crippen molar-refractivity contribution in [2.45, 2.75) is 43.6 Å². The molecule has 0 bridgehead atoms. The standard InChI is InChI=1S/C31H34N2O6S2/c1-3-23-20-28(30(33)29(32)25(23)4-2)31(40(34,35)36,41(37,38)39)27-17-11-16-24(18-21-12-7-5-8-13-21)26(27)19-22-14-9-6-10-15-22/h5-17,20H,3-4,18-19,32-33H2,1-2H3,(H,34,35,36)(H,37,38,39). The summed E-state index contributed by atoms with van der Waals surface area (Å²) in [5, 5.41) is 0. The second-order valence-corrected chi connectivity index (χ2v) is 13.3. The molecule has 0 unspecified atom stereocenters. The van der Waals surface area contributed by atoms with Crippen molar-refractivity contribution in [2.75, 3.05) is 11.5 Å². The molecule has 0 aromatic heterocycles. The van der Waals surface area contributed by atoms with Gasteiger partial charge in [-0.2, -0.15) is 16.8 Å². The lowest BCUT2D eigenvalue weighted by Gasteiger charge is -2.33. The highest BCUT2D eigenvalue weighted by Gasteiger charge is 2.60. The summed E-state index contributed by atoms with van der Waals surface area (Å²) in [6.07, 6.45) is 1.26. The summed E-state index contributed by atoms with van der Waals surface area (Å²) in [7, 11) is -11.3. The first-order chi connectivity index (χ1) is 19.4. The van der Waals surface area contributed by atoms with Gasteiger partial charge in [0.05, 0.1) is 11.4 Å². The Morgan fingerprint density at radius 2 is 1.15 bits per heavy atom. The van der Waals surface area contributed by atoms with E-state index in [2.05, 4.69) is 0 Å². The van der Waals surface area contributed by atoms with Gasteiger partial charge in [0.1, 0.15) is 0 Å². The Balaban J connectivity index is 2.19. The van der Waals surface area contributed by atoms with Crippen molar-refractivity contribution in [3.8, 4) is 0 Å². The fraction of sp³-hybridized carbons (Fsp3) is 0.226. The van der Waals surface area contributed by atoms with Gasteiger partial charge in [-0.3, -0.25) is 9.11 Å². The highest BCUT2D eigenvalue weighted by atomic mass is 32.3. The summed E-state index contributed by atoms with van der Waals surface area (Å²) in [6.45, 7) is 3.64. The lowest BCUT2D eigenvalue weighted by Crippen LogP contribution is -2.46. The number of benzene rings is 4. The van der Waals surface area contributed by atoms with Gasteiger partial charge in [-0.1, -0.05) is 98.8 Å². The van der Waals surface area contributed by atoms with E-state index in [1.165, 1.54) is 18.2 Å². The zero-order chi connectivity index (χ0) is 30.0. The lowest BCUT2D eigenvalue weighted by molar-refractivity contribution is 0.437. The van der Waals surface area contributed by atoms with Crippen LogP contribution in [0.15, 0.2) is 84.9 Å². The highest BCUT2D eigenvalue weighted by Crippen LogP contribution is 2.49. The van der Waals surface area contributed by atoms with E-state index in [0.717, 1.165) is 11.1 Å². The number of aryl methyl sites for hydroxylation is 1. The molecule has 4 aromatic rings. The van der Waals surface area contributed by atoms with Crippen LogP contribution in [0, 0.1) is 0 Å². The van der Waals surface area contributed by atoms with Crippen LogP contribution >= 0.6 is 0 Å². The van der Waals surface area contributed by atoms with Crippen LogP contribution in [0.2, 0.25) is 0 Å². The molecule has 0 atom stereocenters. The molecular formula is C31H34N2O6S2. The first kappa shape index (κ1) is 30.3. The fourth-order valence-corrected chi connectivity index (χ4v) is 8.49. The smallest absolute Gasteiger partial charge is 0.296 e. The first-order valence-corrected chi connectivity index (χ1v) is 16.1. The van der Waals surface area contributed by atoms with E-state index < -0.39 is 29.9 Å². The quantitative estimate of drug-likeness (QED) is 0.145. The Labute approximate surface area is 241 Å². The zero-order valence-electron chi connectivity index (χ0n) is 22.9. The largest absolute Gasteiger partial charge is 0.397 e. The third kappa shape index (κ3) is 5.48. The van der Waals surface area contributed by atoms with Gasteiger partial charge < -0.3 is 11.5 Å². The third-order valence-electron chi connectivity index (χ3n) is 7.52.